The molecule has 0 amide bonds. The molecule has 2 N–H and O–H groups in total. The van der Waals surface area contributed by atoms with Crippen LogP contribution < -0.4 is 10.5 Å². The third kappa shape index (κ3) is 4.37. The average Bonchev–Trinajstić information content (AvgIpc) is 3.23. The molecule has 0 bridgehead atoms. The number of aromatic nitrogens is 5. The Labute approximate surface area is 184 Å². The summed E-state index contributed by atoms with van der Waals surface area (Å²) in [5.74, 6) is 1.25. The van der Waals surface area contributed by atoms with Gasteiger partial charge in [-0.05, 0) is 0 Å². The maximum atomic E-state index is 6.07. The molecule has 152 valence electrons. The van der Waals surface area contributed by atoms with E-state index in [-0.39, 0.29) is 15.8 Å². The van der Waals surface area contributed by atoms with Gasteiger partial charge >= 0.3 is 185 Å². The minimum absolute atomic E-state index is 0.0923. The van der Waals surface area contributed by atoms with Crippen LogP contribution in [0.2, 0.25) is 9.41 Å². The van der Waals surface area contributed by atoms with Crippen LogP contribution in [0.3, 0.4) is 0 Å². The molecule has 3 aromatic heterocycles. The molecular weight excluding hydrogens is 467 g/mol. The number of ether oxygens (including phenoxy) is 1. The van der Waals surface area contributed by atoms with E-state index in [1.165, 1.54) is 6.33 Å². The van der Waals surface area contributed by atoms with Crippen LogP contribution in [0.15, 0.2) is 34.0 Å². The first-order chi connectivity index (χ1) is 13.9. The molecule has 0 fully saturated rings. The predicted molar refractivity (Wildman–Crippen MR) is 122 cm³/mol. The van der Waals surface area contributed by atoms with Gasteiger partial charge in [-0.15, -0.1) is 0 Å². The van der Waals surface area contributed by atoms with Crippen molar-refractivity contribution < 1.29 is 4.74 Å². The molecule has 0 radical (unpaired) electrons. The van der Waals surface area contributed by atoms with Gasteiger partial charge in [0.25, 0.3) is 0 Å². The second-order valence-electron chi connectivity index (χ2n) is 7.54. The summed E-state index contributed by atoms with van der Waals surface area (Å²) >= 11 is 3.06. The van der Waals surface area contributed by atoms with Gasteiger partial charge in [-0.3, -0.25) is 0 Å². The second-order valence-corrected chi connectivity index (χ2v) is 14.7. The Morgan fingerprint density at radius 3 is 2.83 bits per heavy atom. The third-order valence-corrected chi connectivity index (χ3v) is 9.63. The number of anilines is 1. The minimum atomic E-state index is -0.0923. The maximum absolute atomic E-state index is 6.07. The summed E-state index contributed by atoms with van der Waals surface area (Å²) in [6, 6.07) is 5.91. The monoisotopic (exact) mass is 490 g/mol. The van der Waals surface area contributed by atoms with Gasteiger partial charge in [-0.1, -0.05) is 0 Å². The van der Waals surface area contributed by atoms with Crippen LogP contribution in [-0.2, 0) is 6.54 Å². The Kier molecular flexibility index (Phi) is 5.73. The number of aryl methyl sites for hydroxylation is 1. The molecule has 0 aliphatic carbocycles. The van der Waals surface area contributed by atoms with Gasteiger partial charge in [-0.2, -0.15) is 0 Å². The van der Waals surface area contributed by atoms with Gasteiger partial charge in [0, 0.05) is 0 Å². The standard InChI is InChI=1S/C19H23AsN6OS2/c1-19(2,3)20-8-9-26-16-13(15(21)22-10-23-16)25-17(26)29-18-24-11-6-5-7-12(27-4)14(11)28-18/h5-7,10,20H,8-9H2,1-4H3,(H2,21,22,23). The van der Waals surface area contributed by atoms with Gasteiger partial charge in [0.15, 0.2) is 0 Å². The normalized spacial score (nSPS) is 12.6. The number of fused-ring (bicyclic) bond motifs is 2. The zero-order valence-corrected chi connectivity index (χ0v) is 20.5. The van der Waals surface area contributed by atoms with Crippen molar-refractivity contribution in [2.75, 3.05) is 12.8 Å². The summed E-state index contributed by atoms with van der Waals surface area (Å²) in [6.07, 6.45) is 1.51. The zero-order chi connectivity index (χ0) is 20.6. The quantitative estimate of drug-likeness (QED) is 0.404. The number of methoxy groups -OCH3 is 1. The van der Waals surface area contributed by atoms with Crippen LogP contribution in [-0.4, -0.2) is 47.4 Å². The molecule has 1 aromatic carbocycles. The zero-order valence-electron chi connectivity index (χ0n) is 16.8. The third-order valence-electron chi connectivity index (χ3n) is 4.27. The van der Waals surface area contributed by atoms with Crippen molar-refractivity contribution in [3.63, 3.8) is 0 Å². The van der Waals surface area contributed by atoms with E-state index in [1.54, 1.807) is 30.2 Å². The molecule has 0 saturated heterocycles. The molecule has 4 rings (SSSR count). The van der Waals surface area contributed by atoms with Gasteiger partial charge in [0.2, 0.25) is 0 Å². The van der Waals surface area contributed by atoms with E-state index in [1.807, 2.05) is 18.2 Å². The second kappa shape index (κ2) is 8.12. The summed E-state index contributed by atoms with van der Waals surface area (Å²) in [7, 11) is 1.68. The topological polar surface area (TPSA) is 91.7 Å². The van der Waals surface area contributed by atoms with Crippen molar-refractivity contribution in [3.8, 4) is 5.75 Å². The number of benzene rings is 1. The van der Waals surface area contributed by atoms with Crippen LogP contribution in [0.1, 0.15) is 20.8 Å². The number of nitrogen functional groups attached to an aromatic ring is 1. The molecule has 10 heteroatoms. The molecule has 4 aromatic rings. The van der Waals surface area contributed by atoms with Crippen molar-refractivity contribution in [2.24, 2.45) is 0 Å². The molecular formula is C19H23AsN6OS2. The molecule has 0 spiro atoms. The van der Waals surface area contributed by atoms with Crippen LogP contribution in [0.4, 0.5) is 5.82 Å². The number of hydrogen-bond acceptors (Lipinski definition) is 8. The Morgan fingerprint density at radius 1 is 1.24 bits per heavy atom. The fraction of sp³-hybridized carbons (Fsp3) is 0.368. The van der Waals surface area contributed by atoms with Crippen LogP contribution in [0.5, 0.6) is 5.75 Å². The van der Waals surface area contributed by atoms with E-state index < -0.39 is 0 Å². The number of rotatable bonds is 6. The van der Waals surface area contributed by atoms with Gasteiger partial charge in [-0.25, -0.2) is 0 Å². The van der Waals surface area contributed by atoms with E-state index in [0.29, 0.717) is 15.5 Å². The van der Waals surface area contributed by atoms with Gasteiger partial charge in [0.05, 0.1) is 0 Å². The van der Waals surface area contributed by atoms with E-state index in [2.05, 4.69) is 35.3 Å². The molecule has 0 aliphatic rings. The molecule has 29 heavy (non-hydrogen) atoms. The predicted octanol–water partition coefficient (Wildman–Crippen LogP) is 4.25. The summed E-state index contributed by atoms with van der Waals surface area (Å²) < 4.78 is 10.00. The first-order valence-electron chi connectivity index (χ1n) is 9.19. The van der Waals surface area contributed by atoms with E-state index >= 15 is 0 Å². The summed E-state index contributed by atoms with van der Waals surface area (Å²) in [5, 5.41) is 2.01. The fourth-order valence-corrected chi connectivity index (χ4v) is 7.37. The number of imidazole rings is 1. The Balaban J connectivity index is 1.71. The number of nitrogens with zero attached hydrogens (tertiary/aromatic N) is 5. The van der Waals surface area contributed by atoms with Gasteiger partial charge in [0.1, 0.15) is 0 Å². The molecule has 0 aliphatic heterocycles. The number of thiazole rings is 1. The van der Waals surface area contributed by atoms with Crippen molar-refractivity contribution in [1.82, 2.24) is 24.5 Å². The van der Waals surface area contributed by atoms with Gasteiger partial charge < -0.3 is 0 Å². The van der Waals surface area contributed by atoms with E-state index in [4.69, 9.17) is 20.4 Å². The van der Waals surface area contributed by atoms with Crippen molar-refractivity contribution >= 4 is 66.0 Å². The molecule has 0 saturated carbocycles. The Morgan fingerprint density at radius 2 is 2.07 bits per heavy atom. The fourth-order valence-electron chi connectivity index (χ4n) is 2.94. The summed E-state index contributed by atoms with van der Waals surface area (Å²) in [5.41, 5.74) is 8.45. The molecule has 1 unspecified atom stereocenters. The number of nitrogens with two attached hydrogens (primary N) is 1. The Bertz CT molecular complexity index is 1170. The van der Waals surface area contributed by atoms with Crippen molar-refractivity contribution in [2.45, 2.75) is 46.2 Å². The van der Waals surface area contributed by atoms with E-state index in [9.17, 15) is 0 Å². The Hall–Kier alpha value is -1.83. The van der Waals surface area contributed by atoms with Crippen molar-refractivity contribution in [1.29, 1.82) is 0 Å². The van der Waals surface area contributed by atoms with E-state index in [0.717, 1.165) is 42.9 Å². The van der Waals surface area contributed by atoms with Crippen LogP contribution >= 0.6 is 23.1 Å². The van der Waals surface area contributed by atoms with Crippen LogP contribution in [0.25, 0.3) is 21.4 Å². The first kappa shape index (κ1) is 20.4. The summed E-state index contributed by atoms with van der Waals surface area (Å²) in [6.45, 7) is 7.80. The average molecular weight is 490 g/mol. The summed E-state index contributed by atoms with van der Waals surface area (Å²) in [4.78, 5) is 18.1. The molecule has 3 heterocycles. The molecule has 1 atom stereocenters. The SMILES string of the molecule is COc1cccc2nc(Sc3nc4c(N)ncnc4n3CC[AsH]C(C)(C)C)sc12. The number of hydrogen-bond donors (Lipinski definition) is 1. The first-order valence-corrected chi connectivity index (χ1v) is 13.4. The molecule has 7 nitrogen and oxygen atoms in total. The van der Waals surface area contributed by atoms with Crippen molar-refractivity contribution in [3.05, 3.63) is 24.5 Å². The van der Waals surface area contributed by atoms with Crippen LogP contribution in [0, 0.1) is 0 Å².